The molecule has 3 heterocycles. The summed E-state index contributed by atoms with van der Waals surface area (Å²) in [4.78, 5) is 32.6. The summed E-state index contributed by atoms with van der Waals surface area (Å²) in [6.45, 7) is 0. The van der Waals surface area contributed by atoms with Crippen molar-refractivity contribution in [3.8, 4) is 0 Å². The molecule has 0 atom stereocenters. The molecule has 3 rings (SSSR count). The van der Waals surface area contributed by atoms with Crippen molar-refractivity contribution >= 4 is 27.9 Å². The highest BCUT2D eigenvalue weighted by atomic mass is 32.1. The summed E-state index contributed by atoms with van der Waals surface area (Å²) >= 11 is 1.34. The summed E-state index contributed by atoms with van der Waals surface area (Å²) < 4.78 is 1.35. The molecular formula is C12H8N4O2S. The normalized spacial score (nSPS) is 10.5. The van der Waals surface area contributed by atoms with Crippen molar-refractivity contribution in [2.75, 3.05) is 5.32 Å². The van der Waals surface area contributed by atoms with E-state index in [2.05, 4.69) is 15.3 Å². The molecule has 0 radical (unpaired) electrons. The van der Waals surface area contributed by atoms with E-state index in [1.807, 2.05) is 0 Å². The third-order valence-corrected chi connectivity index (χ3v) is 3.28. The van der Waals surface area contributed by atoms with Crippen molar-refractivity contribution < 1.29 is 4.79 Å². The van der Waals surface area contributed by atoms with Crippen molar-refractivity contribution in [3.05, 3.63) is 58.2 Å². The minimum atomic E-state index is -0.494. The zero-order valence-corrected chi connectivity index (χ0v) is 10.4. The molecule has 0 aliphatic heterocycles. The molecule has 0 unspecified atom stereocenters. The predicted molar refractivity (Wildman–Crippen MR) is 71.5 cm³/mol. The summed E-state index contributed by atoms with van der Waals surface area (Å²) in [5.74, 6) is -0.494. The molecule has 3 aromatic rings. The first kappa shape index (κ1) is 11.5. The second-order valence-electron chi connectivity index (χ2n) is 3.73. The first-order valence-corrected chi connectivity index (χ1v) is 6.30. The molecule has 0 aliphatic rings. The van der Waals surface area contributed by atoms with Crippen molar-refractivity contribution in [2.45, 2.75) is 0 Å². The van der Waals surface area contributed by atoms with E-state index in [-0.39, 0.29) is 11.1 Å². The summed E-state index contributed by atoms with van der Waals surface area (Å²) in [6.07, 6.45) is 5.99. The van der Waals surface area contributed by atoms with E-state index in [1.54, 1.807) is 29.9 Å². The molecule has 1 N–H and O–H groups in total. The van der Waals surface area contributed by atoms with E-state index in [1.165, 1.54) is 28.1 Å². The Labute approximate surface area is 111 Å². The number of carbonyl (C=O) groups is 1. The van der Waals surface area contributed by atoms with Crippen LogP contribution in [0.25, 0.3) is 4.96 Å². The standard InChI is InChI=1S/C12H8N4O2S/c17-10(15-8-2-1-3-13-6-8)9-7-14-12-16(11(9)18)4-5-19-12/h1-7H,(H,15,17). The lowest BCUT2D eigenvalue weighted by molar-refractivity contribution is 0.102. The van der Waals surface area contributed by atoms with Crippen LogP contribution in [0.15, 0.2) is 47.1 Å². The lowest BCUT2D eigenvalue weighted by atomic mass is 10.3. The fourth-order valence-electron chi connectivity index (χ4n) is 1.62. The van der Waals surface area contributed by atoms with Gasteiger partial charge in [0.1, 0.15) is 5.56 Å². The van der Waals surface area contributed by atoms with Gasteiger partial charge >= 0.3 is 0 Å². The third kappa shape index (κ3) is 2.11. The number of hydrogen-bond donors (Lipinski definition) is 1. The Morgan fingerprint density at radius 1 is 1.37 bits per heavy atom. The molecule has 0 saturated carbocycles. The van der Waals surface area contributed by atoms with E-state index in [0.717, 1.165) is 0 Å². The van der Waals surface area contributed by atoms with Gasteiger partial charge in [-0.25, -0.2) is 4.98 Å². The first-order valence-electron chi connectivity index (χ1n) is 5.42. The molecule has 7 heteroatoms. The summed E-state index contributed by atoms with van der Waals surface area (Å²) in [5.41, 5.74) is 0.148. The van der Waals surface area contributed by atoms with Crippen LogP contribution in [0.2, 0.25) is 0 Å². The van der Waals surface area contributed by atoms with Crippen LogP contribution in [-0.4, -0.2) is 20.3 Å². The van der Waals surface area contributed by atoms with Crippen LogP contribution in [-0.2, 0) is 0 Å². The number of carbonyl (C=O) groups excluding carboxylic acids is 1. The highest BCUT2D eigenvalue weighted by Gasteiger charge is 2.13. The topological polar surface area (TPSA) is 76.4 Å². The van der Waals surface area contributed by atoms with Crippen molar-refractivity contribution in [1.29, 1.82) is 0 Å². The molecule has 19 heavy (non-hydrogen) atoms. The van der Waals surface area contributed by atoms with Gasteiger partial charge in [0.2, 0.25) is 0 Å². The van der Waals surface area contributed by atoms with Gasteiger partial charge in [-0.2, -0.15) is 0 Å². The van der Waals surface area contributed by atoms with Gasteiger partial charge < -0.3 is 5.32 Å². The Bertz CT molecular complexity index is 794. The van der Waals surface area contributed by atoms with Crippen LogP contribution in [0, 0.1) is 0 Å². The number of amides is 1. The summed E-state index contributed by atoms with van der Waals surface area (Å²) in [6, 6.07) is 3.39. The van der Waals surface area contributed by atoms with E-state index >= 15 is 0 Å². The second kappa shape index (κ2) is 4.62. The van der Waals surface area contributed by atoms with Crippen LogP contribution in [0.5, 0.6) is 0 Å². The third-order valence-electron chi connectivity index (χ3n) is 2.51. The average Bonchev–Trinajstić information content (AvgIpc) is 2.89. The van der Waals surface area contributed by atoms with E-state index in [9.17, 15) is 9.59 Å². The van der Waals surface area contributed by atoms with Gasteiger partial charge in [0.25, 0.3) is 11.5 Å². The van der Waals surface area contributed by atoms with Gasteiger partial charge in [0.05, 0.1) is 11.9 Å². The smallest absolute Gasteiger partial charge is 0.271 e. The molecular weight excluding hydrogens is 264 g/mol. The maximum absolute atomic E-state index is 12.1. The van der Waals surface area contributed by atoms with Gasteiger partial charge in [0.15, 0.2) is 4.96 Å². The SMILES string of the molecule is O=C(Nc1cccnc1)c1cnc2sccn2c1=O. The number of rotatable bonds is 2. The maximum atomic E-state index is 12.1. The number of aromatic nitrogens is 3. The van der Waals surface area contributed by atoms with Crippen LogP contribution in [0.3, 0.4) is 0 Å². The molecule has 0 bridgehead atoms. The van der Waals surface area contributed by atoms with Crippen molar-refractivity contribution in [3.63, 3.8) is 0 Å². The fraction of sp³-hybridized carbons (Fsp3) is 0. The molecule has 0 fully saturated rings. The van der Waals surface area contributed by atoms with E-state index < -0.39 is 5.91 Å². The number of nitrogens with zero attached hydrogens (tertiary/aromatic N) is 3. The van der Waals surface area contributed by atoms with E-state index in [4.69, 9.17) is 0 Å². The van der Waals surface area contributed by atoms with Crippen LogP contribution >= 0.6 is 11.3 Å². The first-order chi connectivity index (χ1) is 9.25. The molecule has 0 spiro atoms. The highest BCUT2D eigenvalue weighted by Crippen LogP contribution is 2.08. The number of pyridine rings is 1. The zero-order valence-electron chi connectivity index (χ0n) is 9.61. The molecule has 3 aromatic heterocycles. The van der Waals surface area contributed by atoms with Gasteiger partial charge in [-0.3, -0.25) is 19.0 Å². The van der Waals surface area contributed by atoms with Crippen LogP contribution in [0.1, 0.15) is 10.4 Å². The molecule has 0 aliphatic carbocycles. The number of nitrogens with one attached hydrogen (secondary N) is 1. The van der Waals surface area contributed by atoms with E-state index in [0.29, 0.717) is 10.6 Å². The fourth-order valence-corrected chi connectivity index (χ4v) is 2.29. The Morgan fingerprint density at radius 3 is 3.05 bits per heavy atom. The molecule has 6 nitrogen and oxygen atoms in total. The number of fused-ring (bicyclic) bond motifs is 1. The second-order valence-corrected chi connectivity index (χ2v) is 4.60. The Morgan fingerprint density at radius 2 is 2.26 bits per heavy atom. The van der Waals surface area contributed by atoms with Gasteiger partial charge in [-0.1, -0.05) is 0 Å². The largest absolute Gasteiger partial charge is 0.320 e. The lowest BCUT2D eigenvalue weighted by Crippen LogP contribution is -2.25. The number of hydrogen-bond acceptors (Lipinski definition) is 5. The lowest BCUT2D eigenvalue weighted by Gasteiger charge is -2.03. The summed E-state index contributed by atoms with van der Waals surface area (Å²) in [7, 11) is 0. The maximum Gasteiger partial charge on any atom is 0.271 e. The Balaban J connectivity index is 1.98. The van der Waals surface area contributed by atoms with Crippen LogP contribution < -0.4 is 10.9 Å². The monoisotopic (exact) mass is 272 g/mol. The van der Waals surface area contributed by atoms with Gasteiger partial charge in [-0.15, -0.1) is 11.3 Å². The highest BCUT2D eigenvalue weighted by molar-refractivity contribution is 7.15. The quantitative estimate of drug-likeness (QED) is 0.765. The van der Waals surface area contributed by atoms with Crippen molar-refractivity contribution in [2.24, 2.45) is 0 Å². The van der Waals surface area contributed by atoms with Gasteiger partial charge in [0, 0.05) is 24.0 Å². The minimum absolute atomic E-state index is 0.000229. The Kier molecular flexibility index (Phi) is 2.81. The number of thiazole rings is 1. The Hall–Kier alpha value is -2.54. The van der Waals surface area contributed by atoms with Gasteiger partial charge in [-0.05, 0) is 12.1 Å². The summed E-state index contributed by atoms with van der Waals surface area (Å²) in [5, 5.41) is 4.35. The van der Waals surface area contributed by atoms with Crippen LogP contribution in [0.4, 0.5) is 5.69 Å². The molecule has 0 saturated heterocycles. The zero-order chi connectivity index (χ0) is 13.2. The number of anilines is 1. The predicted octanol–water partition coefficient (Wildman–Crippen LogP) is 1.40. The minimum Gasteiger partial charge on any atom is -0.320 e. The molecule has 1 amide bonds. The molecule has 94 valence electrons. The molecule has 0 aromatic carbocycles. The average molecular weight is 272 g/mol. The van der Waals surface area contributed by atoms with Crippen molar-refractivity contribution in [1.82, 2.24) is 14.4 Å².